The number of anilines is 2. The summed E-state index contributed by atoms with van der Waals surface area (Å²) < 4.78 is 100. The topological polar surface area (TPSA) is 251 Å². The lowest BCUT2D eigenvalue weighted by Gasteiger charge is -2.39. The number of thioether (sulfide) groups is 1. The van der Waals surface area contributed by atoms with Gasteiger partial charge < -0.3 is 35.8 Å². The number of sulfone groups is 1. The van der Waals surface area contributed by atoms with E-state index in [-0.39, 0.29) is 66.3 Å². The molecule has 3 fully saturated rings. The summed E-state index contributed by atoms with van der Waals surface area (Å²) >= 11 is 9.17. The van der Waals surface area contributed by atoms with Crippen molar-refractivity contribution in [2.24, 2.45) is 16.7 Å². The normalized spacial score (nSPS) is 18.7. The molecule has 0 bridgehead atoms. The lowest BCUT2D eigenvalue weighted by Crippen LogP contribution is -2.55. The molecule has 1 aromatic heterocycles. The number of hydrogen-bond acceptors (Lipinski definition) is 17. The number of aromatic nitrogens is 1. The maximum Gasteiger partial charge on any atom is 0.501 e. The molecule has 4 aliphatic rings. The van der Waals surface area contributed by atoms with Gasteiger partial charge in [-0.05, 0) is 152 Å². The van der Waals surface area contributed by atoms with Crippen LogP contribution in [0, 0.1) is 23.7 Å². The Bertz CT molecular complexity index is 4300. The molecule has 5 amide bonds. The maximum absolute atomic E-state index is 14.6. The van der Waals surface area contributed by atoms with E-state index in [4.69, 9.17) is 11.6 Å². The Hall–Kier alpha value is -7.37. The summed E-state index contributed by atoms with van der Waals surface area (Å²) in [6.07, 6.45) is 4.06. The summed E-state index contributed by atoms with van der Waals surface area (Å²) in [5.74, 6) is -2.66. The number of sulfonamides is 1. The molecule has 5 aromatic carbocycles. The van der Waals surface area contributed by atoms with Gasteiger partial charge in [-0.3, -0.25) is 33.8 Å². The standard InChI is InChI=1S/C77H96ClF3N10O10S4/c1-51(53-18-20-55(21-19-53)70-52(2)82-50-103-70)83-72(95)57-44-69(94)91(48-57)74(97)71(75(3,4)5)85-67(92)16-12-9-13-17-68(93)90-42-36-87(37-43-90)35-33-60(49-102-62-14-10-8-11-15-62)84-65-31-30-63(45-66(65)104(98,99)77(79,80)81)105(100,101)86-73(96)56-24-28-61(29-25-56)89-40-38-88(39-41-89)47-58-46-76(6,7)34-32-64(58)54-22-26-59(78)27-23-54/h8,10-11,14-15,18-31,45,50-51,57,60,69,71,84,94H,9,12-13,16-17,32-44,46-49H2,1-7H3,(H,83,95)(H,85,92)(H,86,96)/t51-,57+,60+,69+,71+/m0/s1. The molecule has 5 N–H and O–H groups in total. The number of aryl methyl sites for hydroxylation is 1. The largest absolute Gasteiger partial charge is 0.501 e. The highest BCUT2D eigenvalue weighted by Gasteiger charge is 2.49. The van der Waals surface area contributed by atoms with E-state index in [1.165, 1.54) is 45.5 Å². The Balaban J connectivity index is 0.681. The lowest BCUT2D eigenvalue weighted by atomic mass is 9.73. The number of likely N-dealkylation sites (tertiary alicyclic amines) is 1. The molecule has 566 valence electrons. The van der Waals surface area contributed by atoms with E-state index in [0.29, 0.717) is 82.6 Å². The third-order valence-corrected chi connectivity index (χ3v) is 25.5. The van der Waals surface area contributed by atoms with Crippen molar-refractivity contribution in [3.63, 3.8) is 0 Å². The van der Waals surface area contributed by atoms with Crippen LogP contribution in [-0.4, -0.2) is 178 Å². The number of amides is 5. The Kier molecular flexibility index (Phi) is 26.5. The van der Waals surface area contributed by atoms with Crippen LogP contribution in [0.25, 0.3) is 16.0 Å². The minimum atomic E-state index is -6.18. The molecule has 10 rings (SSSR count). The first-order valence-electron chi connectivity index (χ1n) is 35.8. The van der Waals surface area contributed by atoms with Crippen molar-refractivity contribution in [2.45, 2.75) is 157 Å². The fourth-order valence-corrected chi connectivity index (χ4v) is 17.9. The van der Waals surface area contributed by atoms with Gasteiger partial charge in [-0.25, -0.2) is 26.5 Å². The number of rotatable bonds is 28. The number of halogens is 4. The molecule has 0 saturated carbocycles. The van der Waals surface area contributed by atoms with E-state index >= 15 is 0 Å². The van der Waals surface area contributed by atoms with E-state index in [1.807, 2.05) is 106 Å². The predicted octanol–water partition coefficient (Wildman–Crippen LogP) is 12.6. The van der Waals surface area contributed by atoms with Crippen molar-refractivity contribution in [3.8, 4) is 10.4 Å². The molecule has 6 aromatic rings. The van der Waals surface area contributed by atoms with Gasteiger partial charge in [0, 0.05) is 124 Å². The fraction of sp³-hybridized carbons (Fsp3) is 0.481. The Morgan fingerprint density at radius 1 is 0.790 bits per heavy atom. The van der Waals surface area contributed by atoms with Crippen LogP contribution in [0.15, 0.2) is 147 Å². The second-order valence-electron chi connectivity index (χ2n) is 29.7. The van der Waals surface area contributed by atoms with Crippen LogP contribution in [-0.2, 0) is 39.0 Å². The van der Waals surface area contributed by atoms with Crippen LogP contribution in [0.2, 0.25) is 5.02 Å². The first-order chi connectivity index (χ1) is 49.7. The van der Waals surface area contributed by atoms with Crippen molar-refractivity contribution >= 4 is 101 Å². The van der Waals surface area contributed by atoms with Crippen LogP contribution < -0.4 is 25.6 Å². The number of hydrogen-bond donors (Lipinski definition) is 5. The molecule has 0 radical (unpaired) electrons. The number of piperazine rings is 2. The summed E-state index contributed by atoms with van der Waals surface area (Å²) in [7, 11) is -11.1. The van der Waals surface area contributed by atoms with Crippen LogP contribution in [0.4, 0.5) is 24.5 Å². The number of alkyl halides is 3. The number of allylic oxidation sites excluding steroid dienone is 1. The van der Waals surface area contributed by atoms with Crippen molar-refractivity contribution in [2.75, 3.05) is 88.0 Å². The van der Waals surface area contributed by atoms with Crippen LogP contribution >= 0.6 is 34.7 Å². The molecule has 3 aliphatic heterocycles. The minimum absolute atomic E-state index is 0.0144. The fourth-order valence-electron chi connectivity index (χ4n) is 14.0. The molecule has 1 aliphatic carbocycles. The third-order valence-electron chi connectivity index (χ3n) is 20.2. The number of benzene rings is 5. The lowest BCUT2D eigenvalue weighted by molar-refractivity contribution is -0.145. The van der Waals surface area contributed by atoms with Gasteiger partial charge in [-0.1, -0.05) is 113 Å². The Labute approximate surface area is 628 Å². The summed E-state index contributed by atoms with van der Waals surface area (Å²) in [6.45, 7) is 19.9. The average molecular weight is 1540 g/mol. The third kappa shape index (κ3) is 21.1. The van der Waals surface area contributed by atoms with Crippen molar-refractivity contribution in [1.82, 2.24) is 39.9 Å². The van der Waals surface area contributed by atoms with Gasteiger partial charge in [-0.15, -0.1) is 23.1 Å². The molecule has 105 heavy (non-hydrogen) atoms. The minimum Gasteiger partial charge on any atom is -0.380 e. The monoisotopic (exact) mass is 1540 g/mol. The molecule has 5 atom stereocenters. The van der Waals surface area contributed by atoms with Gasteiger partial charge in [0.15, 0.2) is 0 Å². The first kappa shape index (κ1) is 80.2. The van der Waals surface area contributed by atoms with Gasteiger partial charge in [0.05, 0.1) is 38.6 Å². The zero-order chi connectivity index (χ0) is 75.6. The molecular weight excluding hydrogens is 1450 g/mol. The average Bonchev–Trinajstić information content (AvgIpc) is 1.37. The molecule has 3 saturated heterocycles. The summed E-state index contributed by atoms with van der Waals surface area (Å²) in [4.78, 5) is 81.9. The molecular formula is C77H96ClF3N10O10S4. The number of nitrogens with zero attached hydrogens (tertiary/aromatic N) is 6. The quantitative estimate of drug-likeness (QED) is 0.0226. The number of aliphatic hydroxyl groups is 1. The highest BCUT2D eigenvalue weighted by Crippen LogP contribution is 2.44. The second-order valence-corrected chi connectivity index (χ2v) is 35.7. The van der Waals surface area contributed by atoms with Crippen LogP contribution in [0.5, 0.6) is 0 Å². The van der Waals surface area contributed by atoms with Crippen LogP contribution in [0.1, 0.15) is 139 Å². The zero-order valence-corrected chi connectivity index (χ0v) is 64.5. The maximum atomic E-state index is 14.6. The van der Waals surface area contributed by atoms with E-state index < -0.39 is 82.3 Å². The van der Waals surface area contributed by atoms with Gasteiger partial charge in [0.2, 0.25) is 23.6 Å². The molecule has 0 spiro atoms. The predicted molar refractivity (Wildman–Crippen MR) is 407 cm³/mol. The summed E-state index contributed by atoms with van der Waals surface area (Å²) in [5.41, 5.74) is 2.59. The van der Waals surface area contributed by atoms with Gasteiger partial charge in [0.25, 0.3) is 25.8 Å². The SMILES string of the molecule is Cc1ncsc1-c1ccc([C@H](C)NC(=O)[C@@H]2C[C@@H](O)N(C(=O)[C@@H](NC(=O)CCCCCC(=O)N3CCN(CC[C@H](CSc4ccccc4)Nc4ccc(S(=O)(=O)NC(=O)c5ccc(N6CCN(CC7=C(c8ccc(Cl)cc8)CCC(C)(C)C7)CC6)cc5)cc4S(=O)(=O)C(F)(F)F)CC3)C(C)(C)C)C2)cc1. The molecule has 0 unspecified atom stereocenters. The van der Waals surface area contributed by atoms with E-state index in [0.717, 1.165) is 83.3 Å². The number of aliphatic hydroxyl groups excluding tert-OH is 1. The van der Waals surface area contributed by atoms with Crippen molar-refractivity contribution in [3.05, 3.63) is 160 Å². The number of unbranched alkanes of at least 4 members (excludes halogenated alkanes) is 2. The highest BCUT2D eigenvalue weighted by molar-refractivity contribution is 7.99. The Morgan fingerprint density at radius 3 is 2.10 bits per heavy atom. The molecule has 20 nitrogen and oxygen atoms in total. The molecule has 28 heteroatoms. The van der Waals surface area contributed by atoms with Crippen LogP contribution in [0.3, 0.4) is 0 Å². The van der Waals surface area contributed by atoms with E-state index in [1.54, 1.807) is 33.9 Å². The molecule has 4 heterocycles. The Morgan fingerprint density at radius 2 is 1.45 bits per heavy atom. The van der Waals surface area contributed by atoms with Gasteiger partial charge in [0.1, 0.15) is 17.2 Å². The zero-order valence-electron chi connectivity index (χ0n) is 60.5. The van der Waals surface area contributed by atoms with Gasteiger partial charge >= 0.3 is 5.51 Å². The smallest absolute Gasteiger partial charge is 0.380 e. The van der Waals surface area contributed by atoms with E-state index in [2.05, 4.69) is 61.6 Å². The summed E-state index contributed by atoms with van der Waals surface area (Å²) in [5, 5.41) is 20.7. The number of thiazole rings is 1. The van der Waals surface area contributed by atoms with E-state index in [9.17, 15) is 59.1 Å². The number of carbonyl (C=O) groups excluding carboxylic acids is 5. The first-order valence-corrected chi connectivity index (χ1v) is 41.0. The highest BCUT2D eigenvalue weighted by atomic mass is 35.5. The summed E-state index contributed by atoms with van der Waals surface area (Å²) in [6, 6.07) is 31.8. The van der Waals surface area contributed by atoms with Crippen molar-refractivity contribution < 1.29 is 59.1 Å². The number of nitrogens with one attached hydrogen (secondary N) is 4. The van der Waals surface area contributed by atoms with Crippen molar-refractivity contribution in [1.29, 1.82) is 0 Å². The second kappa shape index (κ2) is 34.7. The van der Waals surface area contributed by atoms with Gasteiger partial charge in [-0.2, -0.15) is 13.2 Å². The number of carbonyl (C=O) groups is 5.